The van der Waals surface area contributed by atoms with Crippen LogP contribution in [-0.2, 0) is 28.9 Å². The number of aryl methyl sites for hydroxylation is 3. The van der Waals surface area contributed by atoms with Gasteiger partial charge in [-0.15, -0.1) is 0 Å². The zero-order valence-electron chi connectivity index (χ0n) is 11.5. The fourth-order valence-corrected chi connectivity index (χ4v) is 1.79. The smallest absolute Gasteiger partial charge is 0.322 e. The van der Waals surface area contributed by atoms with Crippen LogP contribution < -0.4 is 5.73 Å². The zero-order chi connectivity index (χ0) is 13.5. The maximum absolute atomic E-state index is 11.4. The van der Waals surface area contributed by atoms with Crippen LogP contribution in [0.3, 0.4) is 0 Å². The largest absolute Gasteiger partial charge is 0.465 e. The second-order valence-corrected chi connectivity index (χ2v) is 4.20. The number of nitrogens with zero attached hydrogens (tertiary/aromatic N) is 2. The number of hydrogen-bond acceptors (Lipinski definition) is 4. The van der Waals surface area contributed by atoms with E-state index in [0.29, 0.717) is 19.6 Å². The molecule has 1 atom stereocenters. The normalized spacial score (nSPS) is 12.4. The summed E-state index contributed by atoms with van der Waals surface area (Å²) in [6, 6.07) is 1.54. The second-order valence-electron chi connectivity index (χ2n) is 4.20. The van der Waals surface area contributed by atoms with Gasteiger partial charge in [0.1, 0.15) is 6.04 Å². The number of hydrogen-bond donors (Lipinski definition) is 1. The molecule has 0 aromatic carbocycles. The Hall–Kier alpha value is -1.36. The lowest BCUT2D eigenvalue weighted by molar-refractivity contribution is -0.144. The maximum Gasteiger partial charge on any atom is 0.322 e. The molecule has 1 rings (SSSR count). The van der Waals surface area contributed by atoms with Crippen molar-refractivity contribution in [3.63, 3.8) is 0 Å². The number of rotatable bonds is 7. The summed E-state index contributed by atoms with van der Waals surface area (Å²) in [7, 11) is 0. The Morgan fingerprint density at radius 1 is 1.44 bits per heavy atom. The number of carbonyl (C=O) groups is 1. The first-order chi connectivity index (χ1) is 8.62. The number of aromatic nitrogens is 2. The van der Waals surface area contributed by atoms with Crippen LogP contribution in [0, 0.1) is 0 Å². The lowest BCUT2D eigenvalue weighted by Gasteiger charge is -2.11. The Labute approximate surface area is 108 Å². The van der Waals surface area contributed by atoms with E-state index in [-0.39, 0.29) is 5.97 Å². The second kappa shape index (κ2) is 7.16. The molecule has 0 saturated carbocycles. The molecule has 1 aromatic rings. The van der Waals surface area contributed by atoms with E-state index in [1.165, 1.54) is 5.69 Å². The van der Waals surface area contributed by atoms with Crippen LogP contribution in [0.1, 0.15) is 38.6 Å². The molecule has 2 N–H and O–H groups in total. The van der Waals surface area contributed by atoms with E-state index in [0.717, 1.165) is 18.5 Å². The third-order valence-electron chi connectivity index (χ3n) is 2.88. The van der Waals surface area contributed by atoms with Crippen molar-refractivity contribution < 1.29 is 9.53 Å². The van der Waals surface area contributed by atoms with Crippen LogP contribution in [0.25, 0.3) is 0 Å². The summed E-state index contributed by atoms with van der Waals surface area (Å²) in [4.78, 5) is 11.4. The SMILES string of the molecule is CCOC(=O)C(N)CCn1nc(CC)cc1CC. The number of ether oxygens (including phenoxy) is 1. The molecular formula is C13H23N3O2. The van der Waals surface area contributed by atoms with Gasteiger partial charge in [0.05, 0.1) is 12.3 Å². The van der Waals surface area contributed by atoms with Gasteiger partial charge >= 0.3 is 5.97 Å². The molecule has 1 unspecified atom stereocenters. The highest BCUT2D eigenvalue weighted by Crippen LogP contribution is 2.08. The quantitative estimate of drug-likeness (QED) is 0.743. The lowest BCUT2D eigenvalue weighted by atomic mass is 10.2. The Bertz CT molecular complexity index is 388. The summed E-state index contributed by atoms with van der Waals surface area (Å²) >= 11 is 0. The first kappa shape index (κ1) is 14.7. The molecule has 0 bridgehead atoms. The van der Waals surface area contributed by atoms with Crippen molar-refractivity contribution >= 4 is 5.97 Å². The van der Waals surface area contributed by atoms with Crippen molar-refractivity contribution in [2.75, 3.05) is 6.61 Å². The van der Waals surface area contributed by atoms with Crippen LogP contribution >= 0.6 is 0 Å². The third kappa shape index (κ3) is 3.84. The van der Waals surface area contributed by atoms with Crippen LogP contribution in [-0.4, -0.2) is 28.4 Å². The predicted octanol–water partition coefficient (Wildman–Crippen LogP) is 1.29. The van der Waals surface area contributed by atoms with E-state index in [9.17, 15) is 4.79 Å². The van der Waals surface area contributed by atoms with Gasteiger partial charge in [-0.3, -0.25) is 9.48 Å². The average Bonchev–Trinajstić information content (AvgIpc) is 2.78. The molecule has 18 heavy (non-hydrogen) atoms. The Morgan fingerprint density at radius 2 is 2.17 bits per heavy atom. The van der Waals surface area contributed by atoms with Gasteiger partial charge < -0.3 is 10.5 Å². The van der Waals surface area contributed by atoms with Crippen molar-refractivity contribution in [2.24, 2.45) is 5.73 Å². The summed E-state index contributed by atoms with van der Waals surface area (Å²) < 4.78 is 6.82. The minimum atomic E-state index is -0.566. The number of esters is 1. The molecule has 5 nitrogen and oxygen atoms in total. The standard InChI is InChI=1S/C13H23N3O2/c1-4-10-9-11(5-2)16(15-10)8-7-12(14)13(17)18-6-3/h9,12H,4-8,14H2,1-3H3. The van der Waals surface area contributed by atoms with Gasteiger partial charge in [-0.2, -0.15) is 5.10 Å². The van der Waals surface area contributed by atoms with Crippen molar-refractivity contribution in [1.29, 1.82) is 0 Å². The topological polar surface area (TPSA) is 70.1 Å². The monoisotopic (exact) mass is 253 g/mol. The highest BCUT2D eigenvalue weighted by molar-refractivity contribution is 5.75. The minimum Gasteiger partial charge on any atom is -0.465 e. The molecule has 0 aliphatic carbocycles. The van der Waals surface area contributed by atoms with Gasteiger partial charge in [-0.1, -0.05) is 13.8 Å². The molecule has 1 heterocycles. The lowest BCUT2D eigenvalue weighted by Crippen LogP contribution is -2.33. The Morgan fingerprint density at radius 3 is 2.72 bits per heavy atom. The average molecular weight is 253 g/mol. The van der Waals surface area contributed by atoms with Gasteiger partial charge in [0, 0.05) is 12.2 Å². The van der Waals surface area contributed by atoms with Crippen molar-refractivity contribution in [3.8, 4) is 0 Å². The summed E-state index contributed by atoms with van der Waals surface area (Å²) in [5, 5.41) is 4.49. The summed E-state index contributed by atoms with van der Waals surface area (Å²) in [5.74, 6) is -0.335. The van der Waals surface area contributed by atoms with E-state index in [4.69, 9.17) is 10.5 Å². The molecule has 0 spiro atoms. The molecule has 0 aliphatic heterocycles. The van der Waals surface area contributed by atoms with E-state index in [1.807, 2.05) is 4.68 Å². The summed E-state index contributed by atoms with van der Waals surface area (Å²) in [5.41, 5.74) is 8.03. The molecule has 0 radical (unpaired) electrons. The van der Waals surface area contributed by atoms with E-state index < -0.39 is 6.04 Å². The Kier molecular flexibility index (Phi) is 5.85. The van der Waals surface area contributed by atoms with Gasteiger partial charge in [-0.25, -0.2) is 0 Å². The molecular weight excluding hydrogens is 230 g/mol. The van der Waals surface area contributed by atoms with Crippen LogP contribution in [0.2, 0.25) is 0 Å². The zero-order valence-corrected chi connectivity index (χ0v) is 11.5. The molecule has 1 aromatic heterocycles. The molecule has 0 saturated heterocycles. The predicted molar refractivity (Wildman–Crippen MR) is 70.2 cm³/mol. The fourth-order valence-electron chi connectivity index (χ4n) is 1.79. The summed E-state index contributed by atoms with van der Waals surface area (Å²) in [6.45, 7) is 6.98. The van der Waals surface area contributed by atoms with Crippen molar-refractivity contribution in [1.82, 2.24) is 9.78 Å². The fraction of sp³-hybridized carbons (Fsp3) is 0.692. The molecule has 5 heteroatoms. The molecule has 0 aliphatic rings. The highest BCUT2D eigenvalue weighted by Gasteiger charge is 2.15. The first-order valence-corrected chi connectivity index (χ1v) is 6.60. The minimum absolute atomic E-state index is 0.335. The Balaban J connectivity index is 2.57. The van der Waals surface area contributed by atoms with Gasteiger partial charge in [-0.05, 0) is 32.3 Å². The van der Waals surface area contributed by atoms with E-state index >= 15 is 0 Å². The van der Waals surface area contributed by atoms with Crippen LogP contribution in [0.4, 0.5) is 0 Å². The first-order valence-electron chi connectivity index (χ1n) is 6.60. The van der Waals surface area contributed by atoms with Crippen molar-refractivity contribution in [2.45, 2.75) is 52.6 Å². The number of carbonyl (C=O) groups excluding carboxylic acids is 1. The van der Waals surface area contributed by atoms with E-state index in [2.05, 4.69) is 25.0 Å². The van der Waals surface area contributed by atoms with Gasteiger partial charge in [0.15, 0.2) is 0 Å². The molecule has 102 valence electrons. The van der Waals surface area contributed by atoms with Crippen LogP contribution in [0.5, 0.6) is 0 Å². The van der Waals surface area contributed by atoms with Gasteiger partial charge in [0.2, 0.25) is 0 Å². The van der Waals surface area contributed by atoms with Gasteiger partial charge in [0.25, 0.3) is 0 Å². The third-order valence-corrected chi connectivity index (χ3v) is 2.88. The van der Waals surface area contributed by atoms with E-state index in [1.54, 1.807) is 6.92 Å². The molecule has 0 amide bonds. The summed E-state index contributed by atoms with van der Waals surface area (Å²) in [6.07, 6.45) is 2.41. The highest BCUT2D eigenvalue weighted by atomic mass is 16.5. The number of nitrogens with two attached hydrogens (primary N) is 1. The maximum atomic E-state index is 11.4. The molecule has 0 fully saturated rings. The van der Waals surface area contributed by atoms with Crippen LogP contribution in [0.15, 0.2) is 6.07 Å². The van der Waals surface area contributed by atoms with Crippen molar-refractivity contribution in [3.05, 3.63) is 17.5 Å².